The molecule has 0 aliphatic rings. The summed E-state index contributed by atoms with van der Waals surface area (Å²) < 4.78 is 12.1. The zero-order valence-electron chi connectivity index (χ0n) is 17.0. The summed E-state index contributed by atoms with van der Waals surface area (Å²) in [5.74, 6) is 0.858. The molecule has 5 heteroatoms. The van der Waals surface area contributed by atoms with Gasteiger partial charge < -0.3 is 14.8 Å². The lowest BCUT2D eigenvalue weighted by molar-refractivity contribution is 0.102. The summed E-state index contributed by atoms with van der Waals surface area (Å²) >= 11 is 3.52. The monoisotopic (exact) mass is 453 g/mol. The summed E-state index contributed by atoms with van der Waals surface area (Å²) in [6.45, 7) is 6.41. The molecule has 1 N–H and O–H groups in total. The van der Waals surface area contributed by atoms with E-state index < -0.39 is 0 Å². The standard InChI is InChI=1S/C24H24BrNO3/c1-15-6-9-18(10-7-15)14-29-23-20(25)12-19(13-22(23)28-4)24(27)26-21-11-16(2)5-8-17(21)3/h5-13H,14H2,1-4H3,(H,26,27). The van der Waals surface area contributed by atoms with Crippen molar-refractivity contribution < 1.29 is 14.3 Å². The van der Waals surface area contributed by atoms with Crippen LogP contribution in [0.25, 0.3) is 0 Å². The van der Waals surface area contributed by atoms with Gasteiger partial charge in [-0.1, -0.05) is 42.0 Å². The number of anilines is 1. The van der Waals surface area contributed by atoms with E-state index in [-0.39, 0.29) is 5.91 Å². The highest BCUT2D eigenvalue weighted by atomic mass is 79.9. The van der Waals surface area contributed by atoms with Crippen LogP contribution in [-0.4, -0.2) is 13.0 Å². The van der Waals surface area contributed by atoms with Crippen LogP contribution < -0.4 is 14.8 Å². The van der Waals surface area contributed by atoms with Gasteiger partial charge in [0, 0.05) is 11.3 Å². The first-order valence-corrected chi connectivity index (χ1v) is 10.1. The van der Waals surface area contributed by atoms with Crippen LogP contribution >= 0.6 is 15.9 Å². The Bertz CT molecular complexity index is 1030. The summed E-state index contributed by atoms with van der Waals surface area (Å²) in [4.78, 5) is 12.8. The number of carbonyl (C=O) groups is 1. The predicted molar refractivity (Wildman–Crippen MR) is 120 cm³/mol. The number of carbonyl (C=O) groups excluding carboxylic acids is 1. The van der Waals surface area contributed by atoms with Gasteiger partial charge in [0.05, 0.1) is 11.6 Å². The topological polar surface area (TPSA) is 47.6 Å². The molecule has 29 heavy (non-hydrogen) atoms. The first-order valence-electron chi connectivity index (χ1n) is 9.32. The maximum atomic E-state index is 12.8. The molecule has 3 aromatic rings. The number of benzene rings is 3. The fraction of sp³-hybridized carbons (Fsp3) is 0.208. The molecule has 0 spiro atoms. The lowest BCUT2D eigenvalue weighted by Gasteiger charge is -2.15. The van der Waals surface area contributed by atoms with Gasteiger partial charge >= 0.3 is 0 Å². The van der Waals surface area contributed by atoms with Crippen LogP contribution in [0.1, 0.15) is 32.6 Å². The number of hydrogen-bond donors (Lipinski definition) is 1. The van der Waals surface area contributed by atoms with Crippen molar-refractivity contribution in [3.05, 3.63) is 86.9 Å². The van der Waals surface area contributed by atoms with Crippen LogP contribution in [0.15, 0.2) is 59.1 Å². The van der Waals surface area contributed by atoms with Gasteiger partial charge in [-0.3, -0.25) is 4.79 Å². The lowest BCUT2D eigenvalue weighted by Crippen LogP contribution is -2.13. The van der Waals surface area contributed by atoms with E-state index in [1.54, 1.807) is 19.2 Å². The fourth-order valence-electron chi connectivity index (χ4n) is 2.90. The molecule has 3 rings (SSSR count). The smallest absolute Gasteiger partial charge is 0.255 e. The molecule has 0 aromatic heterocycles. The molecule has 0 unspecified atom stereocenters. The number of halogens is 1. The Morgan fingerprint density at radius 2 is 1.66 bits per heavy atom. The molecule has 4 nitrogen and oxygen atoms in total. The van der Waals surface area contributed by atoms with Gasteiger partial charge in [-0.15, -0.1) is 0 Å². The summed E-state index contributed by atoms with van der Waals surface area (Å²) in [7, 11) is 1.56. The maximum absolute atomic E-state index is 12.8. The second kappa shape index (κ2) is 9.14. The fourth-order valence-corrected chi connectivity index (χ4v) is 3.45. The normalized spacial score (nSPS) is 10.5. The van der Waals surface area contributed by atoms with Crippen LogP contribution in [0.2, 0.25) is 0 Å². The van der Waals surface area contributed by atoms with Crippen molar-refractivity contribution in [2.45, 2.75) is 27.4 Å². The highest BCUT2D eigenvalue weighted by molar-refractivity contribution is 9.10. The Morgan fingerprint density at radius 1 is 0.966 bits per heavy atom. The predicted octanol–water partition coefficient (Wildman–Crippen LogP) is 6.21. The quantitative estimate of drug-likeness (QED) is 0.482. The maximum Gasteiger partial charge on any atom is 0.255 e. The van der Waals surface area contributed by atoms with Crippen molar-refractivity contribution in [3.8, 4) is 11.5 Å². The lowest BCUT2D eigenvalue weighted by atomic mass is 10.1. The first-order chi connectivity index (χ1) is 13.9. The number of hydrogen-bond acceptors (Lipinski definition) is 3. The molecule has 0 fully saturated rings. The average molecular weight is 454 g/mol. The average Bonchev–Trinajstić information content (AvgIpc) is 2.70. The minimum Gasteiger partial charge on any atom is -0.493 e. The van der Waals surface area contributed by atoms with Crippen molar-refractivity contribution in [1.82, 2.24) is 0 Å². The highest BCUT2D eigenvalue weighted by Crippen LogP contribution is 2.37. The molecule has 1 amide bonds. The van der Waals surface area contributed by atoms with E-state index in [9.17, 15) is 4.79 Å². The van der Waals surface area contributed by atoms with Crippen LogP contribution in [-0.2, 0) is 6.61 Å². The number of methoxy groups -OCH3 is 1. The SMILES string of the molecule is COc1cc(C(=O)Nc2cc(C)ccc2C)cc(Br)c1OCc1ccc(C)cc1. The van der Waals surface area contributed by atoms with Gasteiger partial charge in [0.2, 0.25) is 0 Å². The molecule has 0 saturated carbocycles. The largest absolute Gasteiger partial charge is 0.493 e. The minimum absolute atomic E-state index is 0.206. The molecular formula is C24H24BrNO3. The van der Waals surface area contributed by atoms with Crippen molar-refractivity contribution in [2.24, 2.45) is 0 Å². The van der Waals surface area contributed by atoms with E-state index >= 15 is 0 Å². The first kappa shape index (κ1) is 20.9. The molecule has 0 saturated heterocycles. The number of rotatable bonds is 6. The highest BCUT2D eigenvalue weighted by Gasteiger charge is 2.16. The van der Waals surface area contributed by atoms with Crippen LogP contribution in [0.5, 0.6) is 11.5 Å². The second-order valence-electron chi connectivity index (χ2n) is 7.04. The third kappa shape index (κ3) is 5.18. The summed E-state index contributed by atoms with van der Waals surface area (Å²) in [6.07, 6.45) is 0. The summed E-state index contributed by atoms with van der Waals surface area (Å²) in [5.41, 5.74) is 5.63. The molecule has 150 valence electrons. The van der Waals surface area contributed by atoms with E-state index in [2.05, 4.69) is 21.2 Å². The van der Waals surface area contributed by atoms with Crippen LogP contribution in [0.4, 0.5) is 5.69 Å². The van der Waals surface area contributed by atoms with Gasteiger partial charge in [-0.05, 0) is 71.6 Å². The summed E-state index contributed by atoms with van der Waals surface area (Å²) in [5, 5.41) is 2.97. The molecule has 0 bridgehead atoms. The Hall–Kier alpha value is -2.79. The minimum atomic E-state index is -0.206. The molecule has 0 aliphatic carbocycles. The molecular weight excluding hydrogens is 430 g/mol. The van der Waals surface area contributed by atoms with Gasteiger partial charge in [0.15, 0.2) is 11.5 Å². The Balaban J connectivity index is 1.80. The van der Waals surface area contributed by atoms with Gasteiger partial charge in [-0.2, -0.15) is 0 Å². The number of aryl methyl sites for hydroxylation is 3. The Kier molecular flexibility index (Phi) is 6.60. The van der Waals surface area contributed by atoms with Crippen molar-refractivity contribution >= 4 is 27.5 Å². The molecule has 3 aromatic carbocycles. The number of ether oxygens (including phenoxy) is 2. The van der Waals surface area contributed by atoms with E-state index in [1.807, 2.05) is 63.2 Å². The Labute approximate surface area is 180 Å². The number of nitrogens with one attached hydrogen (secondary N) is 1. The second-order valence-corrected chi connectivity index (χ2v) is 7.89. The van der Waals surface area contributed by atoms with E-state index in [0.717, 1.165) is 22.4 Å². The molecule has 0 radical (unpaired) electrons. The Morgan fingerprint density at radius 3 is 2.34 bits per heavy atom. The summed E-state index contributed by atoms with van der Waals surface area (Å²) in [6, 6.07) is 17.6. The third-order valence-electron chi connectivity index (χ3n) is 4.64. The van der Waals surface area contributed by atoms with Crippen molar-refractivity contribution in [1.29, 1.82) is 0 Å². The van der Waals surface area contributed by atoms with Gasteiger partial charge in [0.25, 0.3) is 5.91 Å². The van der Waals surface area contributed by atoms with E-state index in [4.69, 9.17) is 9.47 Å². The van der Waals surface area contributed by atoms with E-state index in [1.165, 1.54) is 5.56 Å². The zero-order valence-corrected chi connectivity index (χ0v) is 18.6. The van der Waals surface area contributed by atoms with Crippen molar-refractivity contribution in [2.75, 3.05) is 12.4 Å². The van der Waals surface area contributed by atoms with Crippen LogP contribution in [0, 0.1) is 20.8 Å². The zero-order chi connectivity index (χ0) is 21.0. The van der Waals surface area contributed by atoms with Crippen LogP contribution in [0.3, 0.4) is 0 Å². The molecule has 0 atom stereocenters. The van der Waals surface area contributed by atoms with Crippen molar-refractivity contribution in [3.63, 3.8) is 0 Å². The van der Waals surface area contributed by atoms with Gasteiger partial charge in [0.1, 0.15) is 6.61 Å². The molecule has 0 aliphatic heterocycles. The van der Waals surface area contributed by atoms with Gasteiger partial charge in [-0.25, -0.2) is 0 Å². The van der Waals surface area contributed by atoms with E-state index in [0.29, 0.717) is 28.1 Å². The number of amides is 1. The molecule has 0 heterocycles. The third-order valence-corrected chi connectivity index (χ3v) is 5.23.